The predicted octanol–water partition coefficient (Wildman–Crippen LogP) is 1.33. The molecular formula is C14H20ClN3O. The number of rotatable bonds is 5. The first-order valence-corrected chi connectivity index (χ1v) is 6.99. The van der Waals surface area contributed by atoms with Crippen LogP contribution in [0, 0.1) is 0 Å². The second-order valence-corrected chi connectivity index (χ2v) is 5.40. The SMILES string of the molecule is NC(=O)CCN1CCN(Cc2ccc(Cl)cc2)CC1. The molecule has 1 aromatic rings. The zero-order valence-electron chi connectivity index (χ0n) is 11.0. The van der Waals surface area contributed by atoms with Crippen LogP contribution in [0.2, 0.25) is 5.02 Å². The summed E-state index contributed by atoms with van der Waals surface area (Å²) in [5.74, 6) is -0.219. The Balaban J connectivity index is 1.74. The summed E-state index contributed by atoms with van der Waals surface area (Å²) in [6, 6.07) is 8.00. The summed E-state index contributed by atoms with van der Waals surface area (Å²) < 4.78 is 0. The van der Waals surface area contributed by atoms with Crippen molar-refractivity contribution in [2.45, 2.75) is 13.0 Å². The first-order chi connectivity index (χ1) is 9.13. The van der Waals surface area contributed by atoms with E-state index in [0.29, 0.717) is 6.42 Å². The highest BCUT2D eigenvalue weighted by molar-refractivity contribution is 6.30. The van der Waals surface area contributed by atoms with Crippen molar-refractivity contribution in [1.29, 1.82) is 0 Å². The molecule has 1 fully saturated rings. The van der Waals surface area contributed by atoms with E-state index < -0.39 is 0 Å². The zero-order valence-corrected chi connectivity index (χ0v) is 11.8. The third kappa shape index (κ3) is 4.82. The van der Waals surface area contributed by atoms with Crippen LogP contribution in [-0.4, -0.2) is 48.4 Å². The van der Waals surface area contributed by atoms with Crippen LogP contribution in [0.25, 0.3) is 0 Å². The number of amides is 1. The van der Waals surface area contributed by atoms with E-state index >= 15 is 0 Å². The molecule has 1 heterocycles. The maximum atomic E-state index is 10.7. The van der Waals surface area contributed by atoms with E-state index in [9.17, 15) is 4.79 Å². The van der Waals surface area contributed by atoms with Gasteiger partial charge in [0.05, 0.1) is 0 Å². The van der Waals surface area contributed by atoms with Gasteiger partial charge in [0.2, 0.25) is 5.91 Å². The fraction of sp³-hybridized carbons (Fsp3) is 0.500. The van der Waals surface area contributed by atoms with E-state index in [1.54, 1.807) is 0 Å². The van der Waals surface area contributed by atoms with Gasteiger partial charge >= 0.3 is 0 Å². The number of carbonyl (C=O) groups is 1. The van der Waals surface area contributed by atoms with Crippen LogP contribution in [0.4, 0.5) is 0 Å². The molecule has 0 radical (unpaired) electrons. The molecule has 104 valence electrons. The lowest BCUT2D eigenvalue weighted by Gasteiger charge is -2.34. The van der Waals surface area contributed by atoms with E-state index in [-0.39, 0.29) is 5.91 Å². The van der Waals surface area contributed by atoms with Gasteiger partial charge in [0, 0.05) is 50.7 Å². The van der Waals surface area contributed by atoms with Crippen molar-refractivity contribution < 1.29 is 4.79 Å². The average molecular weight is 282 g/mol. The van der Waals surface area contributed by atoms with Gasteiger partial charge in [-0.25, -0.2) is 0 Å². The molecule has 0 atom stereocenters. The van der Waals surface area contributed by atoms with Crippen LogP contribution >= 0.6 is 11.6 Å². The van der Waals surface area contributed by atoms with E-state index in [1.165, 1.54) is 5.56 Å². The highest BCUT2D eigenvalue weighted by atomic mass is 35.5. The van der Waals surface area contributed by atoms with E-state index in [4.69, 9.17) is 17.3 Å². The lowest BCUT2D eigenvalue weighted by atomic mass is 10.2. The number of primary amides is 1. The predicted molar refractivity (Wildman–Crippen MR) is 77.0 cm³/mol. The molecule has 1 aliphatic rings. The standard InChI is InChI=1S/C14H20ClN3O/c15-13-3-1-12(2-4-13)11-18-9-7-17(8-10-18)6-5-14(16)19/h1-4H,5-11H2,(H2,16,19). The number of benzene rings is 1. The molecule has 2 N–H and O–H groups in total. The van der Waals surface area contributed by atoms with Gasteiger partial charge in [-0.1, -0.05) is 23.7 Å². The van der Waals surface area contributed by atoms with Crippen molar-refractivity contribution in [3.05, 3.63) is 34.9 Å². The van der Waals surface area contributed by atoms with Gasteiger partial charge in [-0.2, -0.15) is 0 Å². The average Bonchev–Trinajstić information content (AvgIpc) is 2.40. The summed E-state index contributed by atoms with van der Waals surface area (Å²) in [5, 5.41) is 0.778. The molecule has 4 nitrogen and oxygen atoms in total. The van der Waals surface area contributed by atoms with Gasteiger partial charge < -0.3 is 10.6 Å². The van der Waals surface area contributed by atoms with Crippen LogP contribution in [-0.2, 0) is 11.3 Å². The molecule has 0 saturated carbocycles. The molecule has 1 amide bonds. The largest absolute Gasteiger partial charge is 0.370 e. The molecular weight excluding hydrogens is 262 g/mol. The van der Waals surface area contributed by atoms with E-state index in [1.807, 2.05) is 12.1 Å². The van der Waals surface area contributed by atoms with Gasteiger partial charge in [-0.15, -0.1) is 0 Å². The van der Waals surface area contributed by atoms with Crippen LogP contribution in [0.3, 0.4) is 0 Å². The van der Waals surface area contributed by atoms with Crippen molar-refractivity contribution >= 4 is 17.5 Å². The minimum atomic E-state index is -0.219. The molecule has 0 bridgehead atoms. The maximum absolute atomic E-state index is 10.7. The summed E-state index contributed by atoms with van der Waals surface area (Å²) in [6.07, 6.45) is 0.456. The van der Waals surface area contributed by atoms with Crippen molar-refractivity contribution in [2.24, 2.45) is 5.73 Å². The normalized spacial score (nSPS) is 17.5. The number of nitrogens with zero attached hydrogens (tertiary/aromatic N) is 2. The monoisotopic (exact) mass is 281 g/mol. The second kappa shape index (κ2) is 6.89. The van der Waals surface area contributed by atoms with Gasteiger partial charge in [-0.3, -0.25) is 9.69 Å². The van der Waals surface area contributed by atoms with Crippen LogP contribution in [0.15, 0.2) is 24.3 Å². The highest BCUT2D eigenvalue weighted by Crippen LogP contribution is 2.12. The van der Waals surface area contributed by atoms with E-state index in [2.05, 4.69) is 21.9 Å². The molecule has 0 unspecified atom stereocenters. The smallest absolute Gasteiger partial charge is 0.218 e. The van der Waals surface area contributed by atoms with Gasteiger partial charge in [0.1, 0.15) is 0 Å². The number of carbonyl (C=O) groups excluding carboxylic acids is 1. The molecule has 0 spiro atoms. The third-order valence-corrected chi connectivity index (χ3v) is 3.71. The first-order valence-electron chi connectivity index (χ1n) is 6.61. The molecule has 1 aromatic carbocycles. The number of halogens is 1. The second-order valence-electron chi connectivity index (χ2n) is 4.96. The molecule has 0 aliphatic carbocycles. The van der Waals surface area contributed by atoms with E-state index in [0.717, 1.165) is 44.3 Å². The Labute approximate surface area is 119 Å². The fourth-order valence-corrected chi connectivity index (χ4v) is 2.41. The minimum absolute atomic E-state index is 0.219. The fourth-order valence-electron chi connectivity index (χ4n) is 2.29. The molecule has 2 rings (SSSR count). The van der Waals surface area contributed by atoms with Gasteiger partial charge in [0.15, 0.2) is 0 Å². The Kier molecular flexibility index (Phi) is 5.19. The Hall–Kier alpha value is -1.10. The number of hydrogen-bond donors (Lipinski definition) is 1. The molecule has 0 aromatic heterocycles. The van der Waals surface area contributed by atoms with Crippen molar-refractivity contribution in [1.82, 2.24) is 9.80 Å². The Morgan fingerprint density at radius 1 is 1.11 bits per heavy atom. The van der Waals surface area contributed by atoms with Gasteiger partial charge in [0.25, 0.3) is 0 Å². The molecule has 1 saturated heterocycles. The lowest BCUT2D eigenvalue weighted by Crippen LogP contribution is -2.46. The third-order valence-electron chi connectivity index (χ3n) is 3.46. The summed E-state index contributed by atoms with van der Waals surface area (Å²) in [4.78, 5) is 15.5. The Bertz CT molecular complexity index is 413. The van der Waals surface area contributed by atoms with Crippen LogP contribution in [0.5, 0.6) is 0 Å². The topological polar surface area (TPSA) is 49.6 Å². The van der Waals surface area contributed by atoms with Crippen LogP contribution in [0.1, 0.15) is 12.0 Å². The maximum Gasteiger partial charge on any atom is 0.218 e. The molecule has 5 heteroatoms. The molecule has 1 aliphatic heterocycles. The summed E-state index contributed by atoms with van der Waals surface area (Å²) in [6.45, 7) is 5.80. The zero-order chi connectivity index (χ0) is 13.7. The van der Waals surface area contributed by atoms with Gasteiger partial charge in [-0.05, 0) is 17.7 Å². The highest BCUT2D eigenvalue weighted by Gasteiger charge is 2.16. The first kappa shape index (κ1) is 14.3. The van der Waals surface area contributed by atoms with Crippen molar-refractivity contribution in [3.8, 4) is 0 Å². The number of piperazine rings is 1. The van der Waals surface area contributed by atoms with Crippen molar-refractivity contribution in [2.75, 3.05) is 32.7 Å². The summed E-state index contributed by atoms with van der Waals surface area (Å²) in [5.41, 5.74) is 6.45. The Morgan fingerprint density at radius 2 is 1.68 bits per heavy atom. The minimum Gasteiger partial charge on any atom is -0.370 e. The number of nitrogens with two attached hydrogens (primary N) is 1. The van der Waals surface area contributed by atoms with Crippen LogP contribution < -0.4 is 5.73 Å². The quantitative estimate of drug-likeness (QED) is 0.886. The summed E-state index contributed by atoms with van der Waals surface area (Å²) in [7, 11) is 0. The van der Waals surface area contributed by atoms with Crippen molar-refractivity contribution in [3.63, 3.8) is 0 Å². The molecule has 19 heavy (non-hydrogen) atoms. The lowest BCUT2D eigenvalue weighted by molar-refractivity contribution is -0.118. The Morgan fingerprint density at radius 3 is 2.26 bits per heavy atom. The number of hydrogen-bond acceptors (Lipinski definition) is 3. The summed E-state index contributed by atoms with van der Waals surface area (Å²) >= 11 is 5.88.